The van der Waals surface area contributed by atoms with Crippen LogP contribution in [0.4, 0.5) is 0 Å². The van der Waals surface area contributed by atoms with E-state index in [1.165, 1.54) is 0 Å². The Morgan fingerprint density at radius 1 is 1.62 bits per heavy atom. The van der Waals surface area contributed by atoms with Crippen molar-refractivity contribution in [1.82, 2.24) is 5.43 Å². The Kier molecular flexibility index (Phi) is 6.12. The molecule has 0 spiro atoms. The lowest BCUT2D eigenvalue weighted by Crippen LogP contribution is -2.39. The van der Waals surface area contributed by atoms with Gasteiger partial charge >= 0.3 is 0 Å². The Morgan fingerprint density at radius 2 is 2.38 bits per heavy atom. The molecule has 0 saturated carbocycles. The zero-order valence-corrected chi connectivity index (χ0v) is 10.5. The summed E-state index contributed by atoms with van der Waals surface area (Å²) in [5.74, 6) is 7.35. The molecule has 1 amide bonds. The number of rotatable bonds is 6. The number of carbonyl (C=O) groups is 1. The fraction of sp³-hybridized carbons (Fsp3) is 0.900. The number of hydrogen-bond donors (Lipinski definition) is 3. The second kappa shape index (κ2) is 7.11. The predicted molar refractivity (Wildman–Crippen MR) is 65.8 cm³/mol. The van der Waals surface area contributed by atoms with Crippen LogP contribution in [0.5, 0.6) is 0 Å². The van der Waals surface area contributed by atoms with E-state index in [4.69, 9.17) is 16.3 Å². The van der Waals surface area contributed by atoms with Crippen LogP contribution in [0.2, 0.25) is 0 Å². The van der Waals surface area contributed by atoms with E-state index in [0.29, 0.717) is 5.92 Å². The Balaban J connectivity index is 2.14. The third kappa shape index (κ3) is 4.29. The summed E-state index contributed by atoms with van der Waals surface area (Å²) < 4.78 is 5.59. The average Bonchev–Trinajstić information content (AvgIpc) is 2.76. The Bertz CT molecular complexity index is 228. The van der Waals surface area contributed by atoms with Crippen molar-refractivity contribution in [2.75, 3.05) is 18.1 Å². The van der Waals surface area contributed by atoms with Crippen molar-refractivity contribution in [3.05, 3.63) is 0 Å². The highest BCUT2D eigenvalue weighted by Crippen LogP contribution is 2.23. The Hall–Kier alpha value is -0.300. The van der Waals surface area contributed by atoms with E-state index in [9.17, 15) is 4.79 Å². The first-order valence-electron chi connectivity index (χ1n) is 5.61. The highest BCUT2D eigenvalue weighted by Gasteiger charge is 2.29. The lowest BCUT2D eigenvalue weighted by Gasteiger charge is -2.13. The molecule has 1 saturated heterocycles. The van der Waals surface area contributed by atoms with Crippen LogP contribution in [0, 0.1) is 5.92 Å². The van der Waals surface area contributed by atoms with E-state index < -0.39 is 0 Å². The average molecular weight is 247 g/mol. The number of hydrazine groups is 1. The SMILES string of the molecule is CC(CN)CSCC1CCC(C(=O)NN)O1. The first-order valence-corrected chi connectivity index (χ1v) is 6.76. The van der Waals surface area contributed by atoms with E-state index in [-0.39, 0.29) is 18.1 Å². The highest BCUT2D eigenvalue weighted by atomic mass is 32.2. The second-order valence-electron chi connectivity index (χ2n) is 4.21. The van der Waals surface area contributed by atoms with Gasteiger partial charge in [0.25, 0.3) is 5.91 Å². The molecule has 16 heavy (non-hydrogen) atoms. The van der Waals surface area contributed by atoms with Gasteiger partial charge in [0.1, 0.15) is 6.10 Å². The van der Waals surface area contributed by atoms with Gasteiger partial charge in [-0.3, -0.25) is 10.2 Å². The normalized spacial score (nSPS) is 26.7. The van der Waals surface area contributed by atoms with E-state index >= 15 is 0 Å². The number of ether oxygens (including phenoxy) is 1. The smallest absolute Gasteiger partial charge is 0.263 e. The monoisotopic (exact) mass is 247 g/mol. The largest absolute Gasteiger partial charge is 0.364 e. The molecule has 1 fully saturated rings. The lowest BCUT2D eigenvalue weighted by atomic mass is 10.2. The summed E-state index contributed by atoms with van der Waals surface area (Å²) in [7, 11) is 0. The summed E-state index contributed by atoms with van der Waals surface area (Å²) in [5, 5.41) is 0. The van der Waals surface area contributed by atoms with Crippen LogP contribution in [-0.2, 0) is 9.53 Å². The van der Waals surface area contributed by atoms with Crippen molar-refractivity contribution in [3.63, 3.8) is 0 Å². The molecule has 1 aliphatic heterocycles. The molecule has 1 heterocycles. The first-order chi connectivity index (χ1) is 7.67. The molecule has 3 unspecified atom stereocenters. The molecule has 0 aliphatic carbocycles. The van der Waals surface area contributed by atoms with Gasteiger partial charge in [0, 0.05) is 5.75 Å². The zero-order valence-electron chi connectivity index (χ0n) is 9.65. The molecule has 94 valence electrons. The van der Waals surface area contributed by atoms with Gasteiger partial charge in [-0.2, -0.15) is 11.8 Å². The van der Waals surface area contributed by atoms with Gasteiger partial charge in [-0.15, -0.1) is 0 Å². The maximum atomic E-state index is 11.2. The van der Waals surface area contributed by atoms with Crippen molar-refractivity contribution >= 4 is 17.7 Å². The summed E-state index contributed by atoms with van der Waals surface area (Å²) in [6.07, 6.45) is 1.52. The van der Waals surface area contributed by atoms with Crippen LogP contribution in [-0.4, -0.2) is 36.2 Å². The molecule has 1 aliphatic rings. The van der Waals surface area contributed by atoms with Crippen LogP contribution in [0.3, 0.4) is 0 Å². The fourth-order valence-corrected chi connectivity index (χ4v) is 2.77. The second-order valence-corrected chi connectivity index (χ2v) is 5.29. The van der Waals surface area contributed by atoms with E-state index in [2.05, 4.69) is 12.3 Å². The van der Waals surface area contributed by atoms with E-state index in [1.54, 1.807) is 0 Å². The number of hydrogen-bond acceptors (Lipinski definition) is 5. The first kappa shape index (κ1) is 13.8. The molecular formula is C10H21N3O2S. The maximum absolute atomic E-state index is 11.2. The Morgan fingerprint density at radius 3 is 3.00 bits per heavy atom. The molecule has 0 radical (unpaired) electrons. The van der Waals surface area contributed by atoms with Crippen molar-refractivity contribution in [1.29, 1.82) is 0 Å². The van der Waals surface area contributed by atoms with Gasteiger partial charge in [-0.05, 0) is 31.1 Å². The Labute approximate surface area is 101 Å². The third-order valence-electron chi connectivity index (χ3n) is 2.65. The lowest BCUT2D eigenvalue weighted by molar-refractivity contribution is -0.131. The van der Waals surface area contributed by atoms with Crippen molar-refractivity contribution in [2.45, 2.75) is 32.0 Å². The summed E-state index contributed by atoms with van der Waals surface area (Å²) >= 11 is 1.84. The van der Waals surface area contributed by atoms with Gasteiger partial charge in [-0.1, -0.05) is 6.92 Å². The predicted octanol–water partition coefficient (Wildman–Crippen LogP) is -0.148. The summed E-state index contributed by atoms with van der Waals surface area (Å²) in [4.78, 5) is 11.2. The highest BCUT2D eigenvalue weighted by molar-refractivity contribution is 7.99. The van der Waals surface area contributed by atoms with Gasteiger partial charge in [0.15, 0.2) is 0 Å². The molecule has 6 heteroatoms. The third-order valence-corrected chi connectivity index (χ3v) is 4.06. The quantitative estimate of drug-likeness (QED) is 0.345. The summed E-state index contributed by atoms with van der Waals surface area (Å²) in [5.41, 5.74) is 7.66. The maximum Gasteiger partial charge on any atom is 0.263 e. The van der Waals surface area contributed by atoms with Crippen LogP contribution in [0.25, 0.3) is 0 Å². The van der Waals surface area contributed by atoms with Gasteiger partial charge in [-0.25, -0.2) is 5.84 Å². The molecule has 5 N–H and O–H groups in total. The molecule has 5 nitrogen and oxygen atoms in total. The van der Waals surface area contributed by atoms with Gasteiger partial charge in [0.2, 0.25) is 0 Å². The van der Waals surface area contributed by atoms with Crippen molar-refractivity contribution in [2.24, 2.45) is 17.5 Å². The zero-order chi connectivity index (χ0) is 12.0. The molecule has 0 aromatic heterocycles. The molecule has 3 atom stereocenters. The number of nitrogens with two attached hydrogens (primary N) is 2. The van der Waals surface area contributed by atoms with E-state index in [1.807, 2.05) is 11.8 Å². The van der Waals surface area contributed by atoms with E-state index in [0.717, 1.165) is 30.9 Å². The summed E-state index contributed by atoms with van der Waals surface area (Å²) in [6, 6.07) is 0. The minimum atomic E-state index is -0.359. The molecule has 0 bridgehead atoms. The van der Waals surface area contributed by atoms with Crippen molar-refractivity contribution < 1.29 is 9.53 Å². The van der Waals surface area contributed by atoms with Crippen LogP contribution >= 0.6 is 11.8 Å². The van der Waals surface area contributed by atoms with Crippen molar-refractivity contribution in [3.8, 4) is 0 Å². The summed E-state index contributed by atoms with van der Waals surface area (Å²) in [6.45, 7) is 2.85. The van der Waals surface area contributed by atoms with Crippen LogP contribution in [0.15, 0.2) is 0 Å². The minimum absolute atomic E-state index is 0.178. The molecule has 1 rings (SSSR count). The van der Waals surface area contributed by atoms with Crippen LogP contribution in [0.1, 0.15) is 19.8 Å². The minimum Gasteiger partial charge on any atom is -0.364 e. The standard InChI is InChI=1S/C10H21N3O2S/c1-7(4-11)5-16-6-8-2-3-9(15-8)10(14)13-12/h7-9H,2-6,11-12H2,1H3,(H,13,14). The van der Waals surface area contributed by atoms with Crippen LogP contribution < -0.4 is 17.0 Å². The molecular weight excluding hydrogens is 226 g/mol. The van der Waals surface area contributed by atoms with Gasteiger partial charge in [0.05, 0.1) is 6.10 Å². The number of carbonyl (C=O) groups excluding carboxylic acids is 1. The fourth-order valence-electron chi connectivity index (χ4n) is 1.58. The van der Waals surface area contributed by atoms with Gasteiger partial charge < -0.3 is 10.5 Å². The number of amides is 1. The number of nitrogens with one attached hydrogen (secondary N) is 1. The number of thioether (sulfide) groups is 1. The molecule has 0 aromatic rings. The molecule has 0 aromatic carbocycles. The topological polar surface area (TPSA) is 90.4 Å².